The van der Waals surface area contributed by atoms with Crippen LogP contribution in [0.5, 0.6) is 0 Å². The molecule has 0 aromatic carbocycles. The lowest BCUT2D eigenvalue weighted by atomic mass is 9.66. The first-order valence-electron chi connectivity index (χ1n) is 9.71. The fraction of sp³-hybridized carbons (Fsp3) is 1.00. The van der Waals surface area contributed by atoms with Crippen molar-refractivity contribution in [2.24, 2.45) is 5.92 Å². The SMILES string of the molecule is CCCCCC[C@H]1CC[C@@H]2CCCC[C@@]23CC[C@H](CO)N13. The van der Waals surface area contributed by atoms with Gasteiger partial charge in [0.1, 0.15) is 0 Å². The Hall–Kier alpha value is -0.0800. The molecule has 2 aliphatic heterocycles. The zero-order chi connectivity index (χ0) is 14.7. The molecule has 1 N–H and O–H groups in total. The van der Waals surface area contributed by atoms with Gasteiger partial charge in [0, 0.05) is 17.6 Å². The molecule has 0 aromatic rings. The Bertz CT molecular complexity index is 332. The average Bonchev–Trinajstić information content (AvgIpc) is 2.90. The topological polar surface area (TPSA) is 23.5 Å². The Labute approximate surface area is 131 Å². The van der Waals surface area contributed by atoms with Crippen LogP contribution >= 0.6 is 0 Å². The van der Waals surface area contributed by atoms with Crippen LogP contribution in [0.15, 0.2) is 0 Å². The molecule has 0 unspecified atom stereocenters. The lowest BCUT2D eigenvalue weighted by Crippen LogP contribution is -2.61. The van der Waals surface area contributed by atoms with Crippen LogP contribution < -0.4 is 0 Å². The van der Waals surface area contributed by atoms with E-state index in [2.05, 4.69) is 11.8 Å². The van der Waals surface area contributed by atoms with Gasteiger partial charge in [-0.15, -0.1) is 0 Å². The largest absolute Gasteiger partial charge is 0.395 e. The van der Waals surface area contributed by atoms with Crippen molar-refractivity contribution in [2.45, 2.75) is 108 Å². The smallest absolute Gasteiger partial charge is 0.0587 e. The van der Waals surface area contributed by atoms with E-state index in [0.29, 0.717) is 18.2 Å². The number of hydrogen-bond donors (Lipinski definition) is 1. The highest BCUT2D eigenvalue weighted by Gasteiger charge is 2.55. The summed E-state index contributed by atoms with van der Waals surface area (Å²) in [5.41, 5.74) is 0.499. The van der Waals surface area contributed by atoms with Gasteiger partial charge in [-0.1, -0.05) is 45.4 Å². The number of hydrogen-bond acceptors (Lipinski definition) is 2. The summed E-state index contributed by atoms with van der Waals surface area (Å²) in [7, 11) is 0. The minimum absolute atomic E-state index is 0.389. The van der Waals surface area contributed by atoms with E-state index in [1.807, 2.05) is 0 Å². The van der Waals surface area contributed by atoms with Gasteiger partial charge < -0.3 is 5.11 Å². The van der Waals surface area contributed by atoms with Gasteiger partial charge in [-0.2, -0.15) is 0 Å². The summed E-state index contributed by atoms with van der Waals surface area (Å²) in [4.78, 5) is 2.87. The molecule has 2 heteroatoms. The van der Waals surface area contributed by atoms with Gasteiger partial charge >= 0.3 is 0 Å². The zero-order valence-corrected chi connectivity index (χ0v) is 14.0. The molecular weight excluding hydrogens is 258 g/mol. The number of piperidine rings is 1. The van der Waals surface area contributed by atoms with Gasteiger partial charge in [-0.25, -0.2) is 0 Å². The molecule has 122 valence electrons. The van der Waals surface area contributed by atoms with Crippen molar-refractivity contribution >= 4 is 0 Å². The van der Waals surface area contributed by atoms with Gasteiger partial charge in [0.25, 0.3) is 0 Å². The Morgan fingerprint density at radius 3 is 2.67 bits per heavy atom. The Balaban J connectivity index is 1.70. The third-order valence-electron chi connectivity index (χ3n) is 6.83. The molecule has 2 heterocycles. The van der Waals surface area contributed by atoms with Crippen LogP contribution in [-0.2, 0) is 0 Å². The molecule has 1 spiro atoms. The third-order valence-corrected chi connectivity index (χ3v) is 6.83. The maximum Gasteiger partial charge on any atom is 0.0587 e. The molecule has 1 aliphatic carbocycles. The summed E-state index contributed by atoms with van der Waals surface area (Å²) in [6.07, 6.45) is 18.1. The van der Waals surface area contributed by atoms with Crippen LogP contribution in [0.2, 0.25) is 0 Å². The summed E-state index contributed by atoms with van der Waals surface area (Å²) in [5, 5.41) is 9.88. The lowest BCUT2D eigenvalue weighted by Gasteiger charge is -2.56. The van der Waals surface area contributed by atoms with Crippen LogP contribution in [0.3, 0.4) is 0 Å². The van der Waals surface area contributed by atoms with Gasteiger partial charge in [-0.05, 0) is 50.9 Å². The van der Waals surface area contributed by atoms with Crippen molar-refractivity contribution in [3.05, 3.63) is 0 Å². The zero-order valence-electron chi connectivity index (χ0n) is 14.0. The van der Waals surface area contributed by atoms with Gasteiger partial charge in [-0.3, -0.25) is 4.90 Å². The molecule has 2 nitrogen and oxygen atoms in total. The van der Waals surface area contributed by atoms with E-state index in [4.69, 9.17) is 0 Å². The van der Waals surface area contributed by atoms with Crippen LogP contribution in [0, 0.1) is 5.92 Å². The van der Waals surface area contributed by atoms with Crippen molar-refractivity contribution < 1.29 is 5.11 Å². The minimum atomic E-state index is 0.389. The van der Waals surface area contributed by atoms with E-state index >= 15 is 0 Å². The second-order valence-corrected chi connectivity index (χ2v) is 7.91. The molecule has 0 aromatic heterocycles. The number of rotatable bonds is 6. The van der Waals surface area contributed by atoms with Crippen LogP contribution in [0.1, 0.15) is 90.4 Å². The molecule has 0 amide bonds. The van der Waals surface area contributed by atoms with Crippen molar-refractivity contribution in [3.8, 4) is 0 Å². The first-order valence-corrected chi connectivity index (χ1v) is 9.71. The van der Waals surface area contributed by atoms with Gasteiger partial charge in [0.2, 0.25) is 0 Å². The highest BCUT2D eigenvalue weighted by molar-refractivity contribution is 5.10. The van der Waals surface area contributed by atoms with Crippen LogP contribution in [0.25, 0.3) is 0 Å². The van der Waals surface area contributed by atoms with E-state index in [-0.39, 0.29) is 0 Å². The molecule has 0 radical (unpaired) electrons. The van der Waals surface area contributed by atoms with Crippen LogP contribution in [0.4, 0.5) is 0 Å². The summed E-state index contributed by atoms with van der Waals surface area (Å²) in [5.74, 6) is 0.940. The first kappa shape index (κ1) is 15.8. The quantitative estimate of drug-likeness (QED) is 0.729. The molecule has 0 bridgehead atoms. The Morgan fingerprint density at radius 2 is 1.86 bits per heavy atom. The van der Waals surface area contributed by atoms with E-state index in [1.54, 1.807) is 0 Å². The number of unbranched alkanes of at least 4 members (excludes halogenated alkanes) is 3. The molecule has 1 saturated carbocycles. The van der Waals surface area contributed by atoms with Gasteiger partial charge in [0.05, 0.1) is 6.61 Å². The average molecular weight is 293 g/mol. The predicted octanol–water partition coefficient (Wildman–Crippen LogP) is 4.50. The van der Waals surface area contributed by atoms with E-state index in [1.165, 1.54) is 83.5 Å². The highest BCUT2D eigenvalue weighted by atomic mass is 16.3. The predicted molar refractivity (Wildman–Crippen MR) is 88.4 cm³/mol. The molecular formula is C19H35NO. The normalized spacial score (nSPS) is 40.0. The Kier molecular flexibility index (Phi) is 5.27. The molecule has 2 saturated heterocycles. The molecule has 21 heavy (non-hydrogen) atoms. The molecule has 3 fully saturated rings. The summed E-state index contributed by atoms with van der Waals surface area (Å²) in [6.45, 7) is 2.68. The number of aliphatic hydroxyl groups excluding tert-OH is 1. The number of nitrogens with zero attached hydrogens (tertiary/aromatic N) is 1. The summed E-state index contributed by atoms with van der Waals surface area (Å²) in [6, 6.07) is 1.25. The highest BCUT2D eigenvalue weighted by Crippen LogP contribution is 2.54. The van der Waals surface area contributed by atoms with Crippen molar-refractivity contribution in [2.75, 3.05) is 6.61 Å². The maximum absolute atomic E-state index is 9.88. The first-order chi connectivity index (χ1) is 10.3. The number of aliphatic hydroxyl groups is 1. The monoisotopic (exact) mass is 293 g/mol. The second kappa shape index (κ2) is 7.00. The minimum Gasteiger partial charge on any atom is -0.395 e. The van der Waals surface area contributed by atoms with E-state index in [0.717, 1.165) is 12.0 Å². The van der Waals surface area contributed by atoms with Crippen molar-refractivity contribution in [1.82, 2.24) is 4.90 Å². The van der Waals surface area contributed by atoms with Crippen molar-refractivity contribution in [3.63, 3.8) is 0 Å². The van der Waals surface area contributed by atoms with Gasteiger partial charge in [0.15, 0.2) is 0 Å². The fourth-order valence-electron chi connectivity index (χ4n) is 5.89. The van der Waals surface area contributed by atoms with E-state index in [9.17, 15) is 5.11 Å². The van der Waals surface area contributed by atoms with Crippen molar-refractivity contribution in [1.29, 1.82) is 0 Å². The maximum atomic E-state index is 9.88. The Morgan fingerprint density at radius 1 is 0.952 bits per heavy atom. The molecule has 4 atom stereocenters. The summed E-state index contributed by atoms with van der Waals surface area (Å²) < 4.78 is 0. The van der Waals surface area contributed by atoms with E-state index < -0.39 is 0 Å². The molecule has 3 aliphatic rings. The standard InChI is InChI=1S/C19H35NO/c1-2-3-4-5-9-17-11-10-16-8-6-7-13-19(16)14-12-18(15-21)20(17)19/h16-18,21H,2-15H2,1H3/t16-,17-,18+,19+/m0/s1. The fourth-order valence-corrected chi connectivity index (χ4v) is 5.89. The lowest BCUT2D eigenvalue weighted by molar-refractivity contribution is -0.0702. The second-order valence-electron chi connectivity index (χ2n) is 7.91. The molecule has 3 rings (SSSR count). The van der Waals surface area contributed by atoms with Crippen LogP contribution in [-0.4, -0.2) is 34.2 Å². The third kappa shape index (κ3) is 2.91. The summed E-state index contributed by atoms with van der Waals surface area (Å²) >= 11 is 0.